The molecule has 0 spiro atoms. The summed E-state index contributed by atoms with van der Waals surface area (Å²) in [5, 5.41) is 15.1. The van der Waals surface area contributed by atoms with E-state index in [2.05, 4.69) is 32.0 Å². The molecule has 1 aromatic heterocycles. The van der Waals surface area contributed by atoms with E-state index < -0.39 is 11.0 Å². The first-order valence-corrected chi connectivity index (χ1v) is 9.61. The van der Waals surface area contributed by atoms with Crippen molar-refractivity contribution in [3.05, 3.63) is 56.3 Å². The summed E-state index contributed by atoms with van der Waals surface area (Å²) < 4.78 is 2.48. The Labute approximate surface area is 166 Å². The number of carbonyl (C=O) groups excluding carboxylic acids is 1. The molecule has 0 N–H and O–H groups in total. The molecule has 1 saturated heterocycles. The number of nitrogens with zero attached hydrogens (tertiary/aromatic N) is 5. The van der Waals surface area contributed by atoms with Crippen LogP contribution in [-0.2, 0) is 11.3 Å². The van der Waals surface area contributed by atoms with Crippen LogP contribution in [-0.4, -0.2) is 56.6 Å². The number of benzene rings is 1. The molecule has 9 heteroatoms. The maximum Gasteiger partial charge on any atom is 0.309 e. The van der Waals surface area contributed by atoms with Gasteiger partial charge in [0.25, 0.3) is 0 Å². The van der Waals surface area contributed by atoms with Gasteiger partial charge in [-0.1, -0.05) is 34.1 Å². The van der Waals surface area contributed by atoms with E-state index in [1.165, 1.54) is 16.4 Å². The Hall–Kier alpha value is -2.26. The average molecular weight is 436 g/mol. The maximum absolute atomic E-state index is 12.8. The van der Waals surface area contributed by atoms with Gasteiger partial charge in [0.1, 0.15) is 17.9 Å². The topological polar surface area (TPSA) is 84.5 Å². The molecule has 8 nitrogen and oxygen atoms in total. The van der Waals surface area contributed by atoms with Gasteiger partial charge in [-0.15, -0.1) is 0 Å². The largest absolute Gasteiger partial charge is 0.338 e. The summed E-state index contributed by atoms with van der Waals surface area (Å²) in [6, 6.07) is 7.57. The standard InChI is InChI=1S/C18H22BrN5O3/c1-13-17(24(26)27)12-23(20-13)14(2)18(25)22-9-7-21(8-10-22)11-15-5-3-4-6-16(15)19/h3-6,12,14H,7-11H2,1-2H3. The van der Waals surface area contributed by atoms with Crippen molar-refractivity contribution < 1.29 is 9.72 Å². The lowest BCUT2D eigenvalue weighted by Crippen LogP contribution is -2.50. The lowest BCUT2D eigenvalue weighted by atomic mass is 10.2. The SMILES string of the molecule is Cc1nn(C(C)C(=O)N2CCN(Cc3ccccc3Br)CC2)cc1[N+](=O)[O-]. The molecule has 1 unspecified atom stereocenters. The molecular formula is C18H22BrN5O3. The van der Waals surface area contributed by atoms with Gasteiger partial charge in [-0.2, -0.15) is 5.10 Å². The Balaban J connectivity index is 1.59. The van der Waals surface area contributed by atoms with E-state index in [1.54, 1.807) is 13.8 Å². The number of rotatable bonds is 5. The van der Waals surface area contributed by atoms with Crippen LogP contribution in [0.1, 0.15) is 24.2 Å². The van der Waals surface area contributed by atoms with Gasteiger partial charge in [0, 0.05) is 37.2 Å². The molecule has 0 bridgehead atoms. The van der Waals surface area contributed by atoms with Gasteiger partial charge < -0.3 is 4.90 Å². The summed E-state index contributed by atoms with van der Waals surface area (Å²) in [6.45, 7) is 6.99. The van der Waals surface area contributed by atoms with Crippen molar-refractivity contribution in [1.82, 2.24) is 19.6 Å². The van der Waals surface area contributed by atoms with Crippen LogP contribution in [0.15, 0.2) is 34.9 Å². The van der Waals surface area contributed by atoms with Gasteiger partial charge in [-0.25, -0.2) is 0 Å². The minimum atomic E-state index is -0.563. The predicted molar refractivity (Wildman–Crippen MR) is 104 cm³/mol. The van der Waals surface area contributed by atoms with E-state index in [4.69, 9.17) is 0 Å². The maximum atomic E-state index is 12.8. The van der Waals surface area contributed by atoms with Crippen LogP contribution < -0.4 is 0 Å². The molecule has 1 aliphatic rings. The van der Waals surface area contributed by atoms with Gasteiger partial charge in [-0.05, 0) is 25.5 Å². The number of hydrogen-bond donors (Lipinski definition) is 0. The molecule has 1 atom stereocenters. The number of aromatic nitrogens is 2. The monoisotopic (exact) mass is 435 g/mol. The molecule has 0 saturated carbocycles. The van der Waals surface area contributed by atoms with Crippen molar-refractivity contribution in [2.24, 2.45) is 0 Å². The quantitative estimate of drug-likeness (QED) is 0.532. The fourth-order valence-electron chi connectivity index (χ4n) is 3.22. The van der Waals surface area contributed by atoms with E-state index in [-0.39, 0.29) is 11.6 Å². The van der Waals surface area contributed by atoms with Gasteiger partial charge in [-0.3, -0.25) is 24.5 Å². The van der Waals surface area contributed by atoms with Crippen LogP contribution >= 0.6 is 15.9 Å². The molecule has 0 radical (unpaired) electrons. The number of piperazine rings is 1. The third kappa shape index (κ3) is 4.36. The minimum Gasteiger partial charge on any atom is -0.338 e. The van der Waals surface area contributed by atoms with E-state index in [9.17, 15) is 14.9 Å². The van der Waals surface area contributed by atoms with Crippen molar-refractivity contribution in [2.45, 2.75) is 26.4 Å². The second-order valence-electron chi connectivity index (χ2n) is 6.71. The van der Waals surface area contributed by atoms with E-state index in [0.717, 1.165) is 24.1 Å². The van der Waals surface area contributed by atoms with Gasteiger partial charge in [0.15, 0.2) is 0 Å². The lowest BCUT2D eigenvalue weighted by molar-refractivity contribution is -0.385. The fourth-order valence-corrected chi connectivity index (χ4v) is 3.63. The highest BCUT2D eigenvalue weighted by molar-refractivity contribution is 9.10. The van der Waals surface area contributed by atoms with Crippen LogP contribution in [0.5, 0.6) is 0 Å². The fraction of sp³-hybridized carbons (Fsp3) is 0.444. The summed E-state index contributed by atoms with van der Waals surface area (Å²) in [6.07, 6.45) is 1.33. The summed E-state index contributed by atoms with van der Waals surface area (Å²) >= 11 is 3.57. The lowest BCUT2D eigenvalue weighted by Gasteiger charge is -2.36. The molecular weight excluding hydrogens is 414 g/mol. The van der Waals surface area contributed by atoms with Crippen LogP contribution in [0.3, 0.4) is 0 Å². The first-order valence-electron chi connectivity index (χ1n) is 8.81. The zero-order chi connectivity index (χ0) is 19.6. The molecule has 0 aliphatic carbocycles. The average Bonchev–Trinajstić information content (AvgIpc) is 3.05. The Bertz CT molecular complexity index is 845. The molecule has 2 aromatic rings. The number of carbonyl (C=O) groups is 1. The van der Waals surface area contributed by atoms with E-state index in [1.807, 2.05) is 23.1 Å². The number of nitro groups is 1. The second-order valence-corrected chi connectivity index (χ2v) is 7.56. The van der Waals surface area contributed by atoms with E-state index in [0.29, 0.717) is 18.8 Å². The number of hydrogen-bond acceptors (Lipinski definition) is 5. The molecule has 1 amide bonds. The third-order valence-corrected chi connectivity index (χ3v) is 5.65. The second kappa shape index (κ2) is 8.18. The summed E-state index contributed by atoms with van der Waals surface area (Å²) in [4.78, 5) is 27.4. The van der Waals surface area contributed by atoms with Crippen molar-refractivity contribution in [3.63, 3.8) is 0 Å². The summed E-state index contributed by atoms with van der Waals surface area (Å²) in [5.41, 5.74) is 1.48. The normalized spacial score (nSPS) is 16.3. The molecule has 3 rings (SSSR count). The highest BCUT2D eigenvalue weighted by Gasteiger charge is 2.28. The molecule has 2 heterocycles. The molecule has 1 aromatic carbocycles. The van der Waals surface area contributed by atoms with Crippen molar-refractivity contribution in [3.8, 4) is 0 Å². The molecule has 144 valence electrons. The molecule has 27 heavy (non-hydrogen) atoms. The Morgan fingerprint density at radius 3 is 2.56 bits per heavy atom. The van der Waals surface area contributed by atoms with Gasteiger partial charge in [0.05, 0.1) is 4.92 Å². The number of halogens is 1. The first kappa shape index (κ1) is 19.5. The van der Waals surface area contributed by atoms with Crippen LogP contribution in [0.4, 0.5) is 5.69 Å². The zero-order valence-electron chi connectivity index (χ0n) is 15.3. The number of amides is 1. The summed E-state index contributed by atoms with van der Waals surface area (Å²) in [5.74, 6) is -0.0621. The predicted octanol–water partition coefficient (Wildman–Crippen LogP) is 2.77. The van der Waals surface area contributed by atoms with Crippen molar-refractivity contribution in [2.75, 3.05) is 26.2 Å². The van der Waals surface area contributed by atoms with Crippen molar-refractivity contribution in [1.29, 1.82) is 0 Å². The van der Waals surface area contributed by atoms with Crippen molar-refractivity contribution >= 4 is 27.5 Å². The van der Waals surface area contributed by atoms with Gasteiger partial charge in [0.2, 0.25) is 5.91 Å². The Morgan fingerprint density at radius 2 is 1.96 bits per heavy atom. The highest BCUT2D eigenvalue weighted by atomic mass is 79.9. The highest BCUT2D eigenvalue weighted by Crippen LogP contribution is 2.21. The Morgan fingerprint density at radius 1 is 1.30 bits per heavy atom. The first-order chi connectivity index (χ1) is 12.9. The zero-order valence-corrected chi connectivity index (χ0v) is 16.9. The molecule has 1 fully saturated rings. The summed E-state index contributed by atoms with van der Waals surface area (Å²) in [7, 11) is 0. The van der Waals surface area contributed by atoms with Crippen LogP contribution in [0, 0.1) is 17.0 Å². The van der Waals surface area contributed by atoms with E-state index >= 15 is 0 Å². The number of aryl methyl sites for hydroxylation is 1. The smallest absolute Gasteiger partial charge is 0.309 e. The van der Waals surface area contributed by atoms with Crippen LogP contribution in [0.25, 0.3) is 0 Å². The minimum absolute atomic E-state index is 0.0621. The molecule has 1 aliphatic heterocycles. The van der Waals surface area contributed by atoms with Crippen LogP contribution in [0.2, 0.25) is 0 Å². The van der Waals surface area contributed by atoms with Gasteiger partial charge >= 0.3 is 5.69 Å². The third-order valence-electron chi connectivity index (χ3n) is 4.88. The Kier molecular flexibility index (Phi) is 5.91.